The van der Waals surface area contributed by atoms with Crippen molar-refractivity contribution in [1.82, 2.24) is 0 Å². The van der Waals surface area contributed by atoms with Gasteiger partial charge in [0.05, 0.1) is 0 Å². The van der Waals surface area contributed by atoms with Crippen molar-refractivity contribution < 1.29 is 0 Å². The minimum Gasteiger partial charge on any atom is -0.0622 e. The Balaban J connectivity index is 1.25. The van der Waals surface area contributed by atoms with Gasteiger partial charge in [0, 0.05) is 11.8 Å². The molecule has 4 aromatic rings. The summed E-state index contributed by atoms with van der Waals surface area (Å²) < 4.78 is 0. The lowest BCUT2D eigenvalue weighted by Crippen LogP contribution is -2.09. The Morgan fingerprint density at radius 2 is 0.882 bits per heavy atom. The molecule has 0 N–H and O–H groups in total. The van der Waals surface area contributed by atoms with Crippen LogP contribution in [0.3, 0.4) is 0 Å². The third kappa shape index (κ3) is 3.13. The molecule has 4 aromatic carbocycles. The summed E-state index contributed by atoms with van der Waals surface area (Å²) in [7, 11) is 0. The number of hydrogen-bond acceptors (Lipinski definition) is 0. The van der Waals surface area contributed by atoms with Gasteiger partial charge in [-0.25, -0.2) is 0 Å². The van der Waals surface area contributed by atoms with Gasteiger partial charge in [0.1, 0.15) is 0 Å². The van der Waals surface area contributed by atoms with E-state index < -0.39 is 0 Å². The first kappa shape index (κ1) is 19.8. The van der Waals surface area contributed by atoms with E-state index in [0.29, 0.717) is 11.8 Å². The minimum absolute atomic E-state index is 0.567. The molecular weight excluding hydrogens is 408 g/mol. The average molecular weight is 437 g/mol. The van der Waals surface area contributed by atoms with Crippen molar-refractivity contribution in [2.75, 3.05) is 0 Å². The fourth-order valence-corrected chi connectivity index (χ4v) is 6.60. The maximum absolute atomic E-state index is 2.54. The van der Waals surface area contributed by atoms with E-state index in [1.165, 1.54) is 70.2 Å². The first-order chi connectivity index (χ1) is 16.9. The van der Waals surface area contributed by atoms with Gasteiger partial charge in [0.2, 0.25) is 0 Å². The predicted molar refractivity (Wildman–Crippen MR) is 144 cm³/mol. The predicted octanol–water partition coefficient (Wildman–Crippen LogP) is 9.26. The maximum atomic E-state index is 2.54. The largest absolute Gasteiger partial charge is 0.0622 e. The SMILES string of the molecule is C1=C2CCC3C(=Cc4c(-c5ccccc5)cccc43)CCC2c2cccc(-c3ccccc3)c21. The van der Waals surface area contributed by atoms with Gasteiger partial charge in [0.25, 0.3) is 0 Å². The van der Waals surface area contributed by atoms with E-state index in [9.17, 15) is 0 Å². The highest BCUT2D eigenvalue weighted by Crippen LogP contribution is 2.52. The molecule has 0 heterocycles. The molecule has 0 bridgehead atoms. The van der Waals surface area contributed by atoms with Crippen LogP contribution in [0.2, 0.25) is 0 Å². The van der Waals surface area contributed by atoms with Gasteiger partial charge < -0.3 is 0 Å². The molecule has 7 rings (SSSR count). The van der Waals surface area contributed by atoms with Gasteiger partial charge in [-0.15, -0.1) is 0 Å². The summed E-state index contributed by atoms with van der Waals surface area (Å²) >= 11 is 0. The van der Waals surface area contributed by atoms with Crippen LogP contribution in [0.4, 0.5) is 0 Å². The molecule has 0 radical (unpaired) electrons. The van der Waals surface area contributed by atoms with E-state index in [2.05, 4.69) is 109 Å². The Labute approximate surface area is 202 Å². The van der Waals surface area contributed by atoms with Crippen molar-refractivity contribution in [1.29, 1.82) is 0 Å². The molecular formula is C34H28. The molecule has 0 amide bonds. The molecule has 1 saturated carbocycles. The lowest BCUT2D eigenvalue weighted by molar-refractivity contribution is 0.580. The van der Waals surface area contributed by atoms with Gasteiger partial charge in [-0.1, -0.05) is 120 Å². The molecule has 0 aromatic heterocycles. The molecule has 0 nitrogen and oxygen atoms in total. The van der Waals surface area contributed by atoms with E-state index in [1.807, 2.05) is 0 Å². The number of benzene rings is 4. The van der Waals surface area contributed by atoms with Crippen molar-refractivity contribution in [3.05, 3.63) is 130 Å². The summed E-state index contributed by atoms with van der Waals surface area (Å²) in [5.74, 6) is 1.13. The van der Waals surface area contributed by atoms with Crippen molar-refractivity contribution in [3.63, 3.8) is 0 Å². The van der Waals surface area contributed by atoms with Gasteiger partial charge in [-0.2, -0.15) is 0 Å². The van der Waals surface area contributed by atoms with Crippen LogP contribution < -0.4 is 0 Å². The fourth-order valence-electron chi connectivity index (χ4n) is 6.60. The first-order valence-corrected chi connectivity index (χ1v) is 12.6. The Bertz CT molecular complexity index is 1320. The van der Waals surface area contributed by atoms with Crippen LogP contribution in [0, 0.1) is 0 Å². The summed E-state index contributed by atoms with van der Waals surface area (Å²) in [5, 5.41) is 0. The normalized spacial score (nSPS) is 20.2. The monoisotopic (exact) mass is 436 g/mol. The smallest absolute Gasteiger partial charge is 0.00607 e. The van der Waals surface area contributed by atoms with E-state index in [0.717, 1.165) is 0 Å². The number of hydrogen-bond donors (Lipinski definition) is 0. The molecule has 164 valence electrons. The zero-order chi connectivity index (χ0) is 22.5. The number of rotatable bonds is 2. The van der Waals surface area contributed by atoms with Crippen LogP contribution in [0.25, 0.3) is 34.4 Å². The van der Waals surface area contributed by atoms with Crippen molar-refractivity contribution in [3.8, 4) is 22.3 Å². The molecule has 2 unspecified atom stereocenters. The maximum Gasteiger partial charge on any atom is 0.00607 e. The summed E-state index contributed by atoms with van der Waals surface area (Å²) in [5.41, 5.74) is 14.7. The molecule has 0 aliphatic heterocycles. The highest BCUT2D eigenvalue weighted by atomic mass is 14.4. The summed E-state index contributed by atoms with van der Waals surface area (Å²) in [6.07, 6.45) is 9.87. The quantitative estimate of drug-likeness (QED) is 0.294. The summed E-state index contributed by atoms with van der Waals surface area (Å²) in [4.78, 5) is 0. The second-order valence-electron chi connectivity index (χ2n) is 9.97. The molecule has 0 spiro atoms. The zero-order valence-electron chi connectivity index (χ0n) is 19.4. The molecule has 3 aliphatic rings. The first-order valence-electron chi connectivity index (χ1n) is 12.6. The number of fused-ring (bicyclic) bond motifs is 6. The van der Waals surface area contributed by atoms with E-state index in [-0.39, 0.29) is 0 Å². The highest BCUT2D eigenvalue weighted by molar-refractivity contribution is 5.84. The topological polar surface area (TPSA) is 0 Å². The van der Waals surface area contributed by atoms with Gasteiger partial charge in [-0.3, -0.25) is 0 Å². The van der Waals surface area contributed by atoms with Crippen LogP contribution in [0.5, 0.6) is 0 Å². The fraction of sp³-hybridized carbons (Fsp3) is 0.176. The third-order valence-corrected chi connectivity index (χ3v) is 8.20. The second-order valence-corrected chi connectivity index (χ2v) is 9.97. The van der Waals surface area contributed by atoms with Gasteiger partial charge in [-0.05, 0) is 70.2 Å². The Morgan fingerprint density at radius 1 is 0.441 bits per heavy atom. The number of allylic oxidation sites excluding steroid dienone is 2. The molecule has 1 fully saturated rings. The third-order valence-electron chi connectivity index (χ3n) is 8.20. The van der Waals surface area contributed by atoms with Crippen molar-refractivity contribution in [2.24, 2.45) is 0 Å². The highest BCUT2D eigenvalue weighted by Gasteiger charge is 2.33. The minimum atomic E-state index is 0.567. The zero-order valence-corrected chi connectivity index (χ0v) is 19.4. The summed E-state index contributed by atoms with van der Waals surface area (Å²) in [6.45, 7) is 0. The average Bonchev–Trinajstić information content (AvgIpc) is 3.42. The Kier molecular flexibility index (Phi) is 4.65. The Morgan fingerprint density at radius 3 is 1.32 bits per heavy atom. The summed E-state index contributed by atoms with van der Waals surface area (Å²) in [6, 6.07) is 35.6. The van der Waals surface area contributed by atoms with Crippen LogP contribution in [-0.4, -0.2) is 0 Å². The lowest BCUT2D eigenvalue weighted by atomic mass is 9.78. The lowest BCUT2D eigenvalue weighted by Gasteiger charge is -2.25. The molecule has 0 heteroatoms. The van der Waals surface area contributed by atoms with E-state index in [1.54, 1.807) is 11.1 Å². The van der Waals surface area contributed by atoms with Crippen LogP contribution in [0.15, 0.2) is 108 Å². The van der Waals surface area contributed by atoms with Crippen LogP contribution in [-0.2, 0) is 0 Å². The molecule has 34 heavy (non-hydrogen) atoms. The van der Waals surface area contributed by atoms with Crippen LogP contribution >= 0.6 is 0 Å². The molecule has 3 aliphatic carbocycles. The van der Waals surface area contributed by atoms with Gasteiger partial charge in [0.15, 0.2) is 0 Å². The Hall–Kier alpha value is -3.64. The van der Waals surface area contributed by atoms with Crippen molar-refractivity contribution >= 4 is 12.2 Å². The second kappa shape index (κ2) is 7.99. The van der Waals surface area contributed by atoms with E-state index in [4.69, 9.17) is 0 Å². The van der Waals surface area contributed by atoms with Crippen LogP contribution in [0.1, 0.15) is 59.8 Å². The van der Waals surface area contributed by atoms with E-state index >= 15 is 0 Å². The van der Waals surface area contributed by atoms with Crippen molar-refractivity contribution in [2.45, 2.75) is 37.5 Å². The molecule has 0 saturated heterocycles. The standard InChI is InChI=1S/C34H28/c1-3-9-23(10-4-1)27-13-7-15-31-29-19-18-26-22-34-28(24-11-5-2-6-12-24)14-8-16-32(34)30(26)20-17-25(29)21-33(27)31/h1-16,21-22,29-30H,17-20H2. The molecule has 2 atom stereocenters. The van der Waals surface area contributed by atoms with Gasteiger partial charge >= 0.3 is 0 Å².